The number of ether oxygens (including phenoxy) is 2. The third kappa shape index (κ3) is 4.20. The molecule has 2 rings (SSSR count). The molecule has 0 saturated carbocycles. The largest absolute Gasteiger partial charge is 0.460 e. The number of hydrogen-bond donors (Lipinski definition) is 1. The first-order valence-corrected chi connectivity index (χ1v) is 8.67. The zero-order valence-corrected chi connectivity index (χ0v) is 16.1. The SMILES string of the molecule is C=CCN1C(=O)N[C@H](c2c(Cl)cccc2Cl)C(C(=O)OCCOC)=C1C. The Bertz CT molecular complexity index is 728. The van der Waals surface area contributed by atoms with Crippen LogP contribution in [0.1, 0.15) is 18.5 Å². The number of esters is 1. The first-order chi connectivity index (χ1) is 12.4. The Balaban J connectivity index is 2.52. The highest BCUT2D eigenvalue weighted by molar-refractivity contribution is 6.36. The summed E-state index contributed by atoms with van der Waals surface area (Å²) in [5.41, 5.74) is 1.16. The summed E-state index contributed by atoms with van der Waals surface area (Å²) in [5.74, 6) is -0.574. The lowest BCUT2D eigenvalue weighted by Gasteiger charge is -2.35. The van der Waals surface area contributed by atoms with E-state index in [4.69, 9.17) is 32.7 Å². The molecule has 0 spiro atoms. The zero-order valence-electron chi connectivity index (χ0n) is 14.6. The Kier molecular flexibility index (Phi) is 7.08. The van der Waals surface area contributed by atoms with Gasteiger partial charge in [-0.05, 0) is 19.1 Å². The molecule has 1 aromatic carbocycles. The highest BCUT2D eigenvalue weighted by Crippen LogP contribution is 2.38. The first-order valence-electron chi connectivity index (χ1n) is 7.92. The lowest BCUT2D eigenvalue weighted by molar-refractivity contribution is -0.140. The van der Waals surface area contributed by atoms with Gasteiger partial charge in [-0.1, -0.05) is 35.3 Å². The van der Waals surface area contributed by atoms with Gasteiger partial charge in [0.2, 0.25) is 0 Å². The topological polar surface area (TPSA) is 67.9 Å². The minimum absolute atomic E-state index is 0.0878. The van der Waals surface area contributed by atoms with Crippen molar-refractivity contribution in [3.05, 3.63) is 57.7 Å². The summed E-state index contributed by atoms with van der Waals surface area (Å²) in [5, 5.41) is 3.47. The van der Waals surface area contributed by atoms with E-state index in [9.17, 15) is 9.59 Å². The van der Waals surface area contributed by atoms with Crippen LogP contribution in [0.25, 0.3) is 0 Å². The summed E-state index contributed by atoms with van der Waals surface area (Å²) in [6, 6.07) is 3.79. The fourth-order valence-corrected chi connectivity index (χ4v) is 3.31. The molecule has 1 aliphatic rings. The van der Waals surface area contributed by atoms with Crippen molar-refractivity contribution in [2.45, 2.75) is 13.0 Å². The molecule has 140 valence electrons. The molecule has 0 saturated heterocycles. The number of rotatable bonds is 7. The summed E-state index contributed by atoms with van der Waals surface area (Å²) >= 11 is 12.6. The van der Waals surface area contributed by atoms with Crippen LogP contribution >= 0.6 is 23.2 Å². The van der Waals surface area contributed by atoms with Gasteiger partial charge in [-0.3, -0.25) is 4.90 Å². The molecule has 0 fully saturated rings. The summed E-state index contributed by atoms with van der Waals surface area (Å²) in [4.78, 5) is 26.6. The van der Waals surface area contributed by atoms with Gasteiger partial charge in [-0.25, -0.2) is 9.59 Å². The molecule has 2 amide bonds. The number of halogens is 2. The fourth-order valence-electron chi connectivity index (χ4n) is 2.69. The average Bonchev–Trinajstić information content (AvgIpc) is 2.58. The number of carbonyl (C=O) groups excluding carboxylic acids is 2. The smallest absolute Gasteiger partial charge is 0.338 e. The van der Waals surface area contributed by atoms with Crippen LogP contribution in [0.3, 0.4) is 0 Å². The molecule has 0 aromatic heterocycles. The molecule has 0 bridgehead atoms. The molecule has 1 heterocycles. The maximum Gasteiger partial charge on any atom is 0.338 e. The van der Waals surface area contributed by atoms with Crippen LogP contribution in [0.15, 0.2) is 42.1 Å². The van der Waals surface area contributed by atoms with Gasteiger partial charge in [0.25, 0.3) is 0 Å². The van der Waals surface area contributed by atoms with Crippen molar-refractivity contribution in [1.82, 2.24) is 10.2 Å². The van der Waals surface area contributed by atoms with Gasteiger partial charge >= 0.3 is 12.0 Å². The molecule has 0 aliphatic carbocycles. The number of hydrogen-bond acceptors (Lipinski definition) is 4. The van der Waals surface area contributed by atoms with Gasteiger partial charge in [0.05, 0.1) is 18.2 Å². The molecule has 8 heteroatoms. The van der Waals surface area contributed by atoms with Crippen LogP contribution < -0.4 is 5.32 Å². The van der Waals surface area contributed by atoms with E-state index in [1.807, 2.05) is 0 Å². The van der Waals surface area contributed by atoms with Crippen molar-refractivity contribution < 1.29 is 19.1 Å². The summed E-state index contributed by atoms with van der Waals surface area (Å²) in [6.07, 6.45) is 1.57. The second kappa shape index (κ2) is 9.07. The minimum atomic E-state index is -0.820. The van der Waals surface area contributed by atoms with E-state index < -0.39 is 12.0 Å². The maximum absolute atomic E-state index is 12.7. The monoisotopic (exact) mass is 398 g/mol. The van der Waals surface area contributed by atoms with E-state index in [1.165, 1.54) is 12.0 Å². The van der Waals surface area contributed by atoms with Gasteiger partial charge in [-0.15, -0.1) is 6.58 Å². The number of benzene rings is 1. The second-order valence-electron chi connectivity index (χ2n) is 5.54. The highest BCUT2D eigenvalue weighted by atomic mass is 35.5. The summed E-state index contributed by atoms with van der Waals surface area (Å²) in [6.45, 7) is 5.91. The zero-order chi connectivity index (χ0) is 19.3. The molecule has 1 atom stereocenters. The fraction of sp³-hybridized carbons (Fsp3) is 0.333. The van der Waals surface area contributed by atoms with Gasteiger partial charge in [-0.2, -0.15) is 0 Å². The van der Waals surface area contributed by atoms with E-state index in [-0.39, 0.29) is 31.4 Å². The van der Waals surface area contributed by atoms with Crippen LogP contribution in [-0.4, -0.2) is 43.8 Å². The van der Waals surface area contributed by atoms with Crippen molar-refractivity contribution in [2.24, 2.45) is 0 Å². The van der Waals surface area contributed by atoms with Crippen molar-refractivity contribution >= 4 is 35.2 Å². The molecule has 0 radical (unpaired) electrons. The molecule has 0 unspecified atom stereocenters. The molecule has 26 heavy (non-hydrogen) atoms. The van der Waals surface area contributed by atoms with Crippen molar-refractivity contribution in [2.75, 3.05) is 26.9 Å². The Morgan fingerprint density at radius 3 is 2.58 bits per heavy atom. The van der Waals surface area contributed by atoms with Crippen LogP contribution in [0.4, 0.5) is 4.79 Å². The molecule has 1 N–H and O–H groups in total. The number of allylic oxidation sites excluding steroid dienone is 1. The van der Waals surface area contributed by atoms with Crippen LogP contribution in [0.2, 0.25) is 10.0 Å². The minimum Gasteiger partial charge on any atom is -0.460 e. The number of methoxy groups -OCH3 is 1. The van der Waals surface area contributed by atoms with Crippen molar-refractivity contribution in [3.8, 4) is 0 Å². The molecule has 1 aromatic rings. The van der Waals surface area contributed by atoms with Crippen LogP contribution in [0, 0.1) is 0 Å². The van der Waals surface area contributed by atoms with Gasteiger partial charge in [0.15, 0.2) is 0 Å². The standard InChI is InChI=1S/C18H20Cl2N2O4/c1-4-8-22-11(2)14(17(23)26-10-9-25-3)16(21-18(22)24)15-12(19)6-5-7-13(15)20/h4-7,16H,1,8-10H2,2-3H3,(H,21,24)/t16-/m0/s1. The van der Waals surface area contributed by atoms with E-state index in [2.05, 4.69) is 11.9 Å². The Morgan fingerprint density at radius 2 is 2.00 bits per heavy atom. The van der Waals surface area contributed by atoms with Crippen LogP contribution in [-0.2, 0) is 14.3 Å². The summed E-state index contributed by atoms with van der Waals surface area (Å²) < 4.78 is 10.2. The Hall–Kier alpha value is -2.02. The number of carbonyl (C=O) groups is 2. The number of nitrogens with one attached hydrogen (secondary N) is 1. The molecule has 1 aliphatic heterocycles. The van der Waals surface area contributed by atoms with E-state index >= 15 is 0 Å². The Morgan fingerprint density at radius 1 is 1.35 bits per heavy atom. The third-order valence-corrected chi connectivity index (χ3v) is 4.60. The number of nitrogens with zero attached hydrogens (tertiary/aromatic N) is 1. The lowest BCUT2D eigenvalue weighted by Crippen LogP contribution is -2.48. The predicted molar refractivity (Wildman–Crippen MR) is 100 cm³/mol. The molecule has 6 nitrogen and oxygen atoms in total. The molecular weight excluding hydrogens is 379 g/mol. The molecular formula is C18H20Cl2N2O4. The lowest BCUT2D eigenvalue weighted by atomic mass is 9.94. The van der Waals surface area contributed by atoms with E-state index in [0.717, 1.165) is 0 Å². The average molecular weight is 399 g/mol. The first kappa shape index (κ1) is 20.3. The third-order valence-electron chi connectivity index (χ3n) is 3.94. The van der Waals surface area contributed by atoms with Gasteiger partial charge < -0.3 is 14.8 Å². The van der Waals surface area contributed by atoms with Crippen molar-refractivity contribution in [3.63, 3.8) is 0 Å². The highest BCUT2D eigenvalue weighted by Gasteiger charge is 2.37. The second-order valence-corrected chi connectivity index (χ2v) is 6.36. The Labute approximate surface area is 162 Å². The maximum atomic E-state index is 12.7. The van der Waals surface area contributed by atoms with E-state index in [1.54, 1.807) is 31.2 Å². The number of amides is 2. The van der Waals surface area contributed by atoms with Gasteiger partial charge in [0.1, 0.15) is 6.61 Å². The summed E-state index contributed by atoms with van der Waals surface area (Å²) in [7, 11) is 1.51. The quantitative estimate of drug-likeness (QED) is 0.431. The van der Waals surface area contributed by atoms with Crippen LogP contribution in [0.5, 0.6) is 0 Å². The van der Waals surface area contributed by atoms with E-state index in [0.29, 0.717) is 21.3 Å². The normalized spacial score (nSPS) is 17.2. The number of urea groups is 1. The van der Waals surface area contributed by atoms with Crippen molar-refractivity contribution in [1.29, 1.82) is 0 Å². The van der Waals surface area contributed by atoms with Gasteiger partial charge in [0, 0.05) is 35.0 Å². The predicted octanol–water partition coefficient (Wildman–Crippen LogP) is 3.71.